The number of benzene rings is 2. The standard InChI is InChI=1S/C19H18F3NO3/c1-11(2)23(8-7-17(24)25)19(26)13-5-3-12(4-6-13)14-9-15(20)18(22)16(21)10-14/h3-6,9-11H,7-8H2,1-2H3,(H,24,25). The van der Waals surface area contributed by atoms with Crippen molar-refractivity contribution in [1.29, 1.82) is 0 Å². The van der Waals surface area contributed by atoms with Gasteiger partial charge in [0.2, 0.25) is 0 Å². The number of rotatable bonds is 6. The summed E-state index contributed by atoms with van der Waals surface area (Å²) in [5.74, 6) is -5.46. The summed E-state index contributed by atoms with van der Waals surface area (Å²) < 4.78 is 39.8. The summed E-state index contributed by atoms with van der Waals surface area (Å²) in [7, 11) is 0. The molecule has 0 aliphatic carbocycles. The van der Waals surface area contributed by atoms with Crippen LogP contribution in [0.1, 0.15) is 30.6 Å². The maximum atomic E-state index is 13.4. The minimum absolute atomic E-state index is 0.0714. The largest absolute Gasteiger partial charge is 0.481 e. The molecule has 2 aromatic rings. The molecule has 0 bridgehead atoms. The molecule has 0 spiro atoms. The molecule has 7 heteroatoms. The van der Waals surface area contributed by atoms with Gasteiger partial charge in [-0.1, -0.05) is 12.1 Å². The molecule has 26 heavy (non-hydrogen) atoms. The van der Waals surface area contributed by atoms with Crippen LogP contribution in [0, 0.1) is 17.5 Å². The number of carbonyl (C=O) groups is 2. The molecule has 0 aliphatic heterocycles. The zero-order valence-corrected chi connectivity index (χ0v) is 14.3. The second-order valence-corrected chi connectivity index (χ2v) is 6.07. The van der Waals surface area contributed by atoms with Gasteiger partial charge in [0.1, 0.15) is 0 Å². The van der Waals surface area contributed by atoms with Crippen LogP contribution in [0.15, 0.2) is 36.4 Å². The predicted octanol–water partition coefficient (Wildman–Crippen LogP) is 4.10. The van der Waals surface area contributed by atoms with E-state index in [0.29, 0.717) is 11.1 Å². The first-order chi connectivity index (χ1) is 12.2. The third-order valence-electron chi connectivity index (χ3n) is 3.90. The van der Waals surface area contributed by atoms with Gasteiger partial charge in [-0.15, -0.1) is 0 Å². The number of carboxylic acids is 1. The lowest BCUT2D eigenvalue weighted by Gasteiger charge is -2.26. The van der Waals surface area contributed by atoms with Crippen LogP contribution < -0.4 is 0 Å². The van der Waals surface area contributed by atoms with Gasteiger partial charge in [0, 0.05) is 18.2 Å². The number of halogens is 3. The molecular weight excluding hydrogens is 347 g/mol. The van der Waals surface area contributed by atoms with E-state index in [9.17, 15) is 22.8 Å². The van der Waals surface area contributed by atoms with Crippen molar-refractivity contribution in [3.8, 4) is 11.1 Å². The number of nitrogens with zero attached hydrogens (tertiary/aromatic N) is 1. The molecule has 0 heterocycles. The van der Waals surface area contributed by atoms with Gasteiger partial charge in [-0.25, -0.2) is 13.2 Å². The smallest absolute Gasteiger partial charge is 0.305 e. The second-order valence-electron chi connectivity index (χ2n) is 6.07. The van der Waals surface area contributed by atoms with E-state index in [2.05, 4.69) is 0 Å². The Kier molecular flexibility index (Phi) is 6.02. The van der Waals surface area contributed by atoms with Gasteiger partial charge in [-0.3, -0.25) is 9.59 Å². The summed E-state index contributed by atoms with van der Waals surface area (Å²) in [5.41, 5.74) is 0.879. The summed E-state index contributed by atoms with van der Waals surface area (Å²) >= 11 is 0. The highest BCUT2D eigenvalue weighted by molar-refractivity contribution is 5.95. The molecule has 0 radical (unpaired) electrons. The third-order valence-corrected chi connectivity index (χ3v) is 3.90. The predicted molar refractivity (Wildman–Crippen MR) is 90.2 cm³/mol. The molecule has 2 aromatic carbocycles. The van der Waals surface area contributed by atoms with Crippen LogP contribution in [0.25, 0.3) is 11.1 Å². The fourth-order valence-corrected chi connectivity index (χ4v) is 2.50. The van der Waals surface area contributed by atoms with Gasteiger partial charge in [-0.2, -0.15) is 0 Å². The first kappa shape index (κ1) is 19.5. The molecule has 1 amide bonds. The summed E-state index contributed by atoms with van der Waals surface area (Å²) in [6.45, 7) is 3.62. The molecular formula is C19H18F3NO3. The SMILES string of the molecule is CC(C)N(CCC(=O)O)C(=O)c1ccc(-c2cc(F)c(F)c(F)c2)cc1. The summed E-state index contributed by atoms with van der Waals surface area (Å²) in [5, 5.41) is 8.80. The molecule has 0 unspecified atom stereocenters. The van der Waals surface area contributed by atoms with Gasteiger partial charge in [0.25, 0.3) is 5.91 Å². The fourth-order valence-electron chi connectivity index (χ4n) is 2.50. The topological polar surface area (TPSA) is 57.6 Å². The van der Waals surface area contributed by atoms with Crippen LogP contribution in [0.4, 0.5) is 13.2 Å². The number of carboxylic acid groups (broad SMARTS) is 1. The van der Waals surface area contributed by atoms with E-state index in [0.717, 1.165) is 12.1 Å². The van der Waals surface area contributed by atoms with Crippen LogP contribution in [-0.4, -0.2) is 34.5 Å². The quantitative estimate of drug-likeness (QED) is 0.785. The Morgan fingerprint density at radius 1 is 1.00 bits per heavy atom. The molecule has 0 atom stereocenters. The van der Waals surface area contributed by atoms with Crippen molar-refractivity contribution in [3.05, 3.63) is 59.4 Å². The van der Waals surface area contributed by atoms with Crippen LogP contribution in [0.5, 0.6) is 0 Å². The Labute approximate surface area is 148 Å². The lowest BCUT2D eigenvalue weighted by atomic mass is 10.0. The van der Waals surface area contributed by atoms with Crippen molar-refractivity contribution < 1.29 is 27.9 Å². The Bertz CT molecular complexity index is 796. The number of hydrogen-bond donors (Lipinski definition) is 1. The van der Waals surface area contributed by atoms with Gasteiger partial charge in [0.05, 0.1) is 6.42 Å². The first-order valence-electron chi connectivity index (χ1n) is 7.98. The van der Waals surface area contributed by atoms with Gasteiger partial charge < -0.3 is 10.0 Å². The number of hydrogen-bond acceptors (Lipinski definition) is 2. The molecule has 1 N–H and O–H groups in total. The highest BCUT2D eigenvalue weighted by atomic mass is 19.2. The molecule has 0 aliphatic rings. The van der Waals surface area contributed by atoms with Gasteiger partial charge >= 0.3 is 5.97 Å². The maximum absolute atomic E-state index is 13.4. The number of aliphatic carboxylic acids is 1. The minimum Gasteiger partial charge on any atom is -0.481 e. The molecule has 0 fully saturated rings. The van der Waals surface area contributed by atoms with Gasteiger partial charge in [0.15, 0.2) is 17.5 Å². The van der Waals surface area contributed by atoms with Crippen LogP contribution in [-0.2, 0) is 4.79 Å². The van der Waals surface area contributed by atoms with Crippen molar-refractivity contribution in [3.63, 3.8) is 0 Å². The lowest BCUT2D eigenvalue weighted by molar-refractivity contribution is -0.137. The van der Waals surface area contributed by atoms with E-state index < -0.39 is 23.4 Å². The first-order valence-corrected chi connectivity index (χ1v) is 7.98. The highest BCUT2D eigenvalue weighted by Gasteiger charge is 2.20. The van der Waals surface area contributed by atoms with Crippen molar-refractivity contribution in [2.75, 3.05) is 6.54 Å². The molecule has 0 saturated carbocycles. The zero-order valence-electron chi connectivity index (χ0n) is 14.3. The third kappa shape index (κ3) is 4.41. The average molecular weight is 365 g/mol. The van der Waals surface area contributed by atoms with E-state index in [1.54, 1.807) is 13.8 Å². The minimum atomic E-state index is -1.54. The molecule has 0 saturated heterocycles. The Morgan fingerprint density at radius 3 is 2.00 bits per heavy atom. The van der Waals surface area contributed by atoms with Gasteiger partial charge in [-0.05, 0) is 49.2 Å². The molecule has 2 rings (SSSR count). The van der Waals surface area contributed by atoms with E-state index >= 15 is 0 Å². The monoisotopic (exact) mass is 365 g/mol. The van der Waals surface area contributed by atoms with Crippen molar-refractivity contribution in [2.24, 2.45) is 0 Å². The molecule has 138 valence electrons. The van der Waals surface area contributed by atoms with E-state index in [-0.39, 0.29) is 30.5 Å². The Hall–Kier alpha value is -2.83. The maximum Gasteiger partial charge on any atom is 0.305 e. The molecule has 0 aromatic heterocycles. The summed E-state index contributed by atoms with van der Waals surface area (Å²) in [6.07, 6.45) is -0.170. The van der Waals surface area contributed by atoms with E-state index in [1.165, 1.54) is 29.2 Å². The number of amides is 1. The molecule has 4 nitrogen and oxygen atoms in total. The lowest BCUT2D eigenvalue weighted by Crippen LogP contribution is -2.38. The van der Waals surface area contributed by atoms with E-state index in [4.69, 9.17) is 5.11 Å². The van der Waals surface area contributed by atoms with Crippen molar-refractivity contribution in [1.82, 2.24) is 4.90 Å². The normalized spacial score (nSPS) is 10.8. The summed E-state index contributed by atoms with van der Waals surface area (Å²) in [4.78, 5) is 24.7. The van der Waals surface area contributed by atoms with Crippen molar-refractivity contribution in [2.45, 2.75) is 26.3 Å². The van der Waals surface area contributed by atoms with Crippen molar-refractivity contribution >= 4 is 11.9 Å². The van der Waals surface area contributed by atoms with Crippen LogP contribution in [0.2, 0.25) is 0 Å². The van der Waals surface area contributed by atoms with Crippen LogP contribution >= 0.6 is 0 Å². The second kappa shape index (κ2) is 8.03. The summed E-state index contributed by atoms with van der Waals surface area (Å²) in [6, 6.07) is 7.51. The fraction of sp³-hybridized carbons (Fsp3) is 0.263. The Balaban J connectivity index is 2.25. The zero-order chi connectivity index (χ0) is 19.4. The van der Waals surface area contributed by atoms with Crippen LogP contribution in [0.3, 0.4) is 0 Å². The average Bonchev–Trinajstić information content (AvgIpc) is 2.58. The Morgan fingerprint density at radius 2 is 1.54 bits per heavy atom. The van der Waals surface area contributed by atoms with E-state index in [1.807, 2.05) is 0 Å². The highest BCUT2D eigenvalue weighted by Crippen LogP contribution is 2.24. The number of carbonyl (C=O) groups excluding carboxylic acids is 1.